The summed E-state index contributed by atoms with van der Waals surface area (Å²) >= 11 is 0. The lowest BCUT2D eigenvalue weighted by Crippen LogP contribution is -2.29. The third-order valence-electron chi connectivity index (χ3n) is 1.81. The van der Waals surface area contributed by atoms with Gasteiger partial charge in [-0.15, -0.1) is 9.36 Å². The lowest BCUT2D eigenvalue weighted by atomic mass is 10.2. The van der Waals surface area contributed by atoms with E-state index in [-0.39, 0.29) is 0 Å². The summed E-state index contributed by atoms with van der Waals surface area (Å²) in [5, 5.41) is 4.20. The van der Waals surface area contributed by atoms with Crippen LogP contribution in [0.4, 0.5) is 0 Å². The first-order chi connectivity index (χ1) is 5.24. The van der Waals surface area contributed by atoms with Crippen molar-refractivity contribution in [3.8, 4) is 0 Å². The molecular weight excluding hydrogens is 138 g/mol. The number of aryl methyl sites for hydroxylation is 3. The molecule has 0 unspecified atom stereocenters. The molecule has 0 aliphatic rings. The van der Waals surface area contributed by atoms with E-state index in [1.807, 2.05) is 23.5 Å². The zero-order valence-electron chi connectivity index (χ0n) is 7.54. The normalized spacial score (nSPS) is 10.5. The molecule has 0 atom stereocenters. The molecule has 0 aliphatic heterocycles. The molecule has 0 N–H and O–H groups in total. The van der Waals surface area contributed by atoms with E-state index < -0.39 is 0 Å². The summed E-state index contributed by atoms with van der Waals surface area (Å²) in [4.78, 5) is 0. The fourth-order valence-corrected chi connectivity index (χ4v) is 1.18. The van der Waals surface area contributed by atoms with Gasteiger partial charge < -0.3 is 0 Å². The first-order valence-corrected chi connectivity index (χ1v) is 4.13. The maximum absolute atomic E-state index is 4.20. The molecule has 0 amide bonds. The monoisotopic (exact) mass is 154 g/mol. The second kappa shape index (κ2) is 3.51. The summed E-state index contributed by atoms with van der Waals surface area (Å²) in [6.07, 6.45) is 5.71. The zero-order valence-corrected chi connectivity index (χ0v) is 7.54. The number of hydrogen-bond donors (Lipinski definition) is 0. The van der Waals surface area contributed by atoms with Crippen molar-refractivity contribution >= 4 is 0 Å². The van der Waals surface area contributed by atoms with Crippen LogP contribution in [0.2, 0.25) is 0 Å². The average Bonchev–Trinajstić information content (AvgIpc) is 2.26. The summed E-state index contributed by atoms with van der Waals surface area (Å²) < 4.78 is 3.79. The summed E-state index contributed by atoms with van der Waals surface area (Å²) in [5.74, 6) is 0. The number of unbranched alkanes of at least 4 members (excludes halogenated alkanes) is 1. The van der Waals surface area contributed by atoms with Gasteiger partial charge in [0, 0.05) is 6.42 Å². The average molecular weight is 154 g/mol. The van der Waals surface area contributed by atoms with Gasteiger partial charge >= 0.3 is 0 Å². The van der Waals surface area contributed by atoms with E-state index >= 15 is 0 Å². The van der Waals surface area contributed by atoms with Gasteiger partial charge in [0.15, 0.2) is 11.9 Å². The Labute approximate surface area is 67.6 Å². The molecule has 0 aliphatic carbocycles. The van der Waals surface area contributed by atoms with Crippen molar-refractivity contribution in [2.75, 3.05) is 0 Å². The van der Waals surface area contributed by atoms with E-state index in [9.17, 15) is 0 Å². The highest BCUT2D eigenvalue weighted by molar-refractivity contribution is 4.89. The highest BCUT2D eigenvalue weighted by Crippen LogP contribution is 1.99. The molecule has 0 radical (unpaired) electrons. The van der Waals surface area contributed by atoms with Gasteiger partial charge in [-0.3, -0.25) is 0 Å². The molecule has 0 fully saturated rings. The van der Waals surface area contributed by atoms with Crippen molar-refractivity contribution in [3.05, 3.63) is 11.9 Å². The van der Waals surface area contributed by atoms with Gasteiger partial charge in [0.05, 0.1) is 5.21 Å². The number of hydrogen-bond acceptors (Lipinski definition) is 1. The van der Waals surface area contributed by atoms with E-state index in [0.29, 0.717) is 0 Å². The molecule has 0 saturated carbocycles. The van der Waals surface area contributed by atoms with Gasteiger partial charge in [0.2, 0.25) is 0 Å². The highest BCUT2D eigenvalue weighted by Gasteiger charge is 2.07. The van der Waals surface area contributed by atoms with Gasteiger partial charge in [-0.25, -0.2) is 0 Å². The molecule has 0 aromatic carbocycles. The number of nitrogens with zero attached hydrogens (tertiary/aromatic N) is 3. The number of rotatable bonds is 3. The minimum atomic E-state index is 1.14. The van der Waals surface area contributed by atoms with Gasteiger partial charge in [-0.1, -0.05) is 13.3 Å². The Bertz CT molecular complexity index is 227. The Balaban J connectivity index is 2.62. The van der Waals surface area contributed by atoms with E-state index in [1.165, 1.54) is 18.5 Å². The smallest absolute Gasteiger partial charge is 0.140 e. The fraction of sp³-hybridized carbons (Fsp3) is 0.750. The van der Waals surface area contributed by atoms with E-state index in [1.54, 1.807) is 0 Å². The van der Waals surface area contributed by atoms with Crippen LogP contribution in [0, 0.1) is 0 Å². The van der Waals surface area contributed by atoms with Crippen molar-refractivity contribution < 1.29 is 4.68 Å². The zero-order chi connectivity index (χ0) is 8.27. The summed E-state index contributed by atoms with van der Waals surface area (Å²) in [6.45, 7) is 2.20. The lowest BCUT2D eigenvalue weighted by Gasteiger charge is -1.90. The molecule has 1 heterocycles. The van der Waals surface area contributed by atoms with Crippen LogP contribution in [0.3, 0.4) is 0 Å². The van der Waals surface area contributed by atoms with Crippen LogP contribution in [0.15, 0.2) is 6.20 Å². The standard InChI is InChI=1S/C8H16N3/c1-4-5-6-8-7-10(2)9-11(8)3/h7H,4-6H2,1-3H3/q+1. The lowest BCUT2D eigenvalue weighted by molar-refractivity contribution is -0.732. The van der Waals surface area contributed by atoms with Crippen LogP contribution in [-0.4, -0.2) is 9.90 Å². The Kier molecular flexibility index (Phi) is 2.63. The summed E-state index contributed by atoms with van der Waals surface area (Å²) in [5.41, 5.74) is 1.31. The van der Waals surface area contributed by atoms with Crippen molar-refractivity contribution in [3.63, 3.8) is 0 Å². The molecule has 1 aromatic heterocycles. The first-order valence-electron chi connectivity index (χ1n) is 4.13. The van der Waals surface area contributed by atoms with Crippen LogP contribution in [0.25, 0.3) is 0 Å². The molecule has 3 heteroatoms. The van der Waals surface area contributed by atoms with Crippen molar-refractivity contribution in [1.82, 2.24) is 9.90 Å². The quantitative estimate of drug-likeness (QED) is 0.584. The maximum atomic E-state index is 4.20. The van der Waals surface area contributed by atoms with Gasteiger partial charge in [0.1, 0.15) is 14.1 Å². The SMILES string of the molecule is CCCCc1c[n+](C)nn1C. The van der Waals surface area contributed by atoms with Crippen molar-refractivity contribution in [1.29, 1.82) is 0 Å². The predicted molar refractivity (Wildman–Crippen MR) is 43.0 cm³/mol. The molecule has 0 spiro atoms. The topological polar surface area (TPSA) is 21.7 Å². The third-order valence-corrected chi connectivity index (χ3v) is 1.81. The largest absolute Gasteiger partial charge is 0.167 e. The molecular formula is C8H16N3+. The van der Waals surface area contributed by atoms with E-state index in [0.717, 1.165) is 6.42 Å². The van der Waals surface area contributed by atoms with Gasteiger partial charge in [0.25, 0.3) is 0 Å². The molecule has 3 nitrogen and oxygen atoms in total. The van der Waals surface area contributed by atoms with Crippen LogP contribution in [0.1, 0.15) is 25.5 Å². The second-order valence-electron chi connectivity index (χ2n) is 2.91. The minimum absolute atomic E-state index is 1.14. The van der Waals surface area contributed by atoms with Crippen molar-refractivity contribution in [2.24, 2.45) is 14.1 Å². The van der Waals surface area contributed by atoms with Crippen LogP contribution in [-0.2, 0) is 20.5 Å². The Morgan fingerprint density at radius 3 is 2.82 bits per heavy atom. The number of aromatic nitrogens is 3. The van der Waals surface area contributed by atoms with Crippen LogP contribution in [0.5, 0.6) is 0 Å². The first kappa shape index (κ1) is 8.24. The molecule has 0 bridgehead atoms. The van der Waals surface area contributed by atoms with Crippen LogP contribution < -0.4 is 4.68 Å². The van der Waals surface area contributed by atoms with Gasteiger partial charge in [-0.2, -0.15) is 0 Å². The molecule has 1 rings (SSSR count). The summed E-state index contributed by atoms with van der Waals surface area (Å²) in [6, 6.07) is 0. The summed E-state index contributed by atoms with van der Waals surface area (Å²) in [7, 11) is 3.94. The fourth-order valence-electron chi connectivity index (χ4n) is 1.18. The molecule has 1 aromatic rings. The molecule has 11 heavy (non-hydrogen) atoms. The van der Waals surface area contributed by atoms with E-state index in [4.69, 9.17) is 0 Å². The Morgan fingerprint density at radius 1 is 1.64 bits per heavy atom. The maximum Gasteiger partial charge on any atom is 0.167 e. The van der Waals surface area contributed by atoms with Crippen LogP contribution >= 0.6 is 0 Å². The van der Waals surface area contributed by atoms with Gasteiger partial charge in [-0.05, 0) is 6.42 Å². The predicted octanol–water partition coefficient (Wildman–Crippen LogP) is 0.587. The minimum Gasteiger partial charge on any atom is -0.140 e. The Hall–Kier alpha value is -0.860. The third kappa shape index (κ3) is 2.03. The highest BCUT2D eigenvalue weighted by atomic mass is 15.5. The Morgan fingerprint density at radius 2 is 2.36 bits per heavy atom. The van der Waals surface area contributed by atoms with E-state index in [2.05, 4.69) is 18.3 Å². The second-order valence-corrected chi connectivity index (χ2v) is 2.91. The molecule has 62 valence electrons. The molecule has 0 saturated heterocycles. The van der Waals surface area contributed by atoms with Crippen molar-refractivity contribution in [2.45, 2.75) is 26.2 Å².